The van der Waals surface area contributed by atoms with Crippen molar-refractivity contribution >= 4 is 28.7 Å². The third-order valence-electron chi connectivity index (χ3n) is 2.86. The Hall–Kier alpha value is -2.11. The van der Waals surface area contributed by atoms with E-state index in [9.17, 15) is 0 Å². The molecule has 0 aromatic heterocycles. The minimum Gasteiger partial charge on any atom is -0.489 e. The van der Waals surface area contributed by atoms with E-state index >= 15 is 0 Å². The number of ether oxygens (including phenoxy) is 2. The Morgan fingerprint density at radius 2 is 1.68 bits per heavy atom. The molecule has 4 nitrogen and oxygen atoms in total. The van der Waals surface area contributed by atoms with E-state index in [1.165, 1.54) is 0 Å². The zero-order valence-corrected chi connectivity index (χ0v) is 13.4. The second-order valence-corrected chi connectivity index (χ2v) is 4.89. The van der Waals surface area contributed by atoms with Gasteiger partial charge >= 0.3 is 0 Å². The van der Waals surface area contributed by atoms with E-state index in [0.29, 0.717) is 24.9 Å². The van der Waals surface area contributed by atoms with Crippen molar-refractivity contribution in [3.05, 3.63) is 54.6 Å². The van der Waals surface area contributed by atoms with Gasteiger partial charge in [-0.15, -0.1) is 0 Å². The molecule has 116 valence electrons. The van der Waals surface area contributed by atoms with Crippen molar-refractivity contribution in [2.45, 2.75) is 6.92 Å². The molecular weight excluding hydrogens is 296 g/mol. The molecule has 2 aromatic carbocycles. The van der Waals surface area contributed by atoms with Crippen LogP contribution in [0.5, 0.6) is 5.75 Å². The van der Waals surface area contributed by atoms with Crippen molar-refractivity contribution < 1.29 is 9.47 Å². The predicted octanol–water partition coefficient (Wildman–Crippen LogP) is 3.91. The van der Waals surface area contributed by atoms with E-state index in [1.807, 2.05) is 61.5 Å². The molecule has 0 fully saturated rings. The minimum absolute atomic E-state index is 0.505. The molecule has 0 aliphatic carbocycles. The molecule has 0 unspecified atom stereocenters. The van der Waals surface area contributed by atoms with Crippen LogP contribution < -0.4 is 15.4 Å². The quantitative estimate of drug-likeness (QED) is 0.599. The van der Waals surface area contributed by atoms with E-state index in [4.69, 9.17) is 21.7 Å². The van der Waals surface area contributed by atoms with Crippen LogP contribution in [0.1, 0.15) is 6.92 Å². The summed E-state index contributed by atoms with van der Waals surface area (Å²) in [6, 6.07) is 17.5. The molecule has 0 aliphatic rings. The van der Waals surface area contributed by atoms with Gasteiger partial charge in [-0.25, -0.2) is 0 Å². The van der Waals surface area contributed by atoms with Gasteiger partial charge in [-0.1, -0.05) is 30.3 Å². The van der Waals surface area contributed by atoms with Crippen molar-refractivity contribution in [3.8, 4) is 5.75 Å². The minimum atomic E-state index is 0.505. The van der Waals surface area contributed by atoms with Crippen LogP contribution in [0.3, 0.4) is 0 Å². The van der Waals surface area contributed by atoms with Crippen molar-refractivity contribution in [2.75, 3.05) is 30.5 Å². The molecule has 22 heavy (non-hydrogen) atoms. The number of rotatable bonds is 7. The Kier molecular flexibility index (Phi) is 6.67. The Balaban J connectivity index is 1.92. The molecule has 0 heterocycles. The van der Waals surface area contributed by atoms with Gasteiger partial charge in [0.25, 0.3) is 0 Å². The molecule has 5 heteroatoms. The van der Waals surface area contributed by atoms with Gasteiger partial charge in [0.05, 0.1) is 12.3 Å². The summed E-state index contributed by atoms with van der Waals surface area (Å²) >= 11 is 5.33. The molecule has 2 N–H and O–H groups in total. The summed E-state index contributed by atoms with van der Waals surface area (Å²) in [5.41, 5.74) is 1.77. The van der Waals surface area contributed by atoms with Crippen LogP contribution in [0.25, 0.3) is 0 Å². The Morgan fingerprint density at radius 3 is 2.45 bits per heavy atom. The van der Waals surface area contributed by atoms with Crippen LogP contribution in [-0.2, 0) is 4.74 Å². The molecule has 0 aliphatic heterocycles. The molecule has 0 atom stereocenters. The number of hydrogen-bond acceptors (Lipinski definition) is 3. The molecule has 0 bridgehead atoms. The van der Waals surface area contributed by atoms with E-state index in [0.717, 1.165) is 17.1 Å². The zero-order chi connectivity index (χ0) is 15.6. The van der Waals surface area contributed by atoms with Crippen molar-refractivity contribution in [1.82, 2.24) is 0 Å². The lowest BCUT2D eigenvalue weighted by atomic mass is 10.3. The summed E-state index contributed by atoms with van der Waals surface area (Å²) in [6.45, 7) is 3.72. The monoisotopic (exact) mass is 316 g/mol. The lowest BCUT2D eigenvalue weighted by molar-refractivity contribution is 0.110. The topological polar surface area (TPSA) is 42.5 Å². The first kappa shape index (κ1) is 16.3. The Labute approximate surface area is 136 Å². The summed E-state index contributed by atoms with van der Waals surface area (Å²) in [6.07, 6.45) is 0. The van der Waals surface area contributed by atoms with Gasteiger partial charge in [-0.05, 0) is 43.4 Å². The molecule has 0 amide bonds. The summed E-state index contributed by atoms with van der Waals surface area (Å²) < 4.78 is 11.0. The number of para-hydroxylation sites is 3. The van der Waals surface area contributed by atoms with Gasteiger partial charge in [0.2, 0.25) is 0 Å². The van der Waals surface area contributed by atoms with Gasteiger partial charge in [-0.3, -0.25) is 0 Å². The van der Waals surface area contributed by atoms with Gasteiger partial charge in [-0.2, -0.15) is 0 Å². The fourth-order valence-corrected chi connectivity index (χ4v) is 2.08. The normalized spacial score (nSPS) is 10.0. The molecular formula is C17H20N2O2S. The van der Waals surface area contributed by atoms with Crippen LogP contribution in [0, 0.1) is 0 Å². The fourth-order valence-electron chi connectivity index (χ4n) is 1.86. The van der Waals surface area contributed by atoms with Gasteiger partial charge in [0.1, 0.15) is 12.4 Å². The van der Waals surface area contributed by atoms with Crippen LogP contribution >= 0.6 is 12.2 Å². The SMILES string of the molecule is CCOCCOc1ccccc1NC(=S)Nc1ccccc1. The molecule has 2 rings (SSSR count). The number of anilines is 2. The number of benzene rings is 2. The Bertz CT molecular complexity index is 590. The first-order chi connectivity index (χ1) is 10.8. The van der Waals surface area contributed by atoms with Crippen molar-refractivity contribution in [2.24, 2.45) is 0 Å². The zero-order valence-electron chi connectivity index (χ0n) is 12.5. The van der Waals surface area contributed by atoms with Crippen LogP contribution in [0.4, 0.5) is 11.4 Å². The van der Waals surface area contributed by atoms with Crippen molar-refractivity contribution in [1.29, 1.82) is 0 Å². The lowest BCUT2D eigenvalue weighted by Crippen LogP contribution is -2.19. The first-order valence-corrected chi connectivity index (χ1v) is 7.63. The fraction of sp³-hybridized carbons (Fsp3) is 0.235. The van der Waals surface area contributed by atoms with E-state index in [-0.39, 0.29) is 0 Å². The average Bonchev–Trinajstić information content (AvgIpc) is 2.54. The maximum atomic E-state index is 5.72. The van der Waals surface area contributed by atoms with Gasteiger partial charge < -0.3 is 20.1 Å². The Morgan fingerprint density at radius 1 is 0.955 bits per heavy atom. The smallest absolute Gasteiger partial charge is 0.175 e. The largest absolute Gasteiger partial charge is 0.489 e. The van der Waals surface area contributed by atoms with Crippen LogP contribution in [0.2, 0.25) is 0 Å². The summed E-state index contributed by atoms with van der Waals surface area (Å²) in [4.78, 5) is 0. The summed E-state index contributed by atoms with van der Waals surface area (Å²) in [5.74, 6) is 0.749. The molecule has 0 saturated heterocycles. The predicted molar refractivity (Wildman–Crippen MR) is 94.7 cm³/mol. The van der Waals surface area contributed by atoms with Gasteiger partial charge in [0, 0.05) is 12.3 Å². The molecule has 0 spiro atoms. The first-order valence-electron chi connectivity index (χ1n) is 7.22. The van der Waals surface area contributed by atoms with E-state index in [1.54, 1.807) is 0 Å². The second kappa shape index (κ2) is 9.02. The van der Waals surface area contributed by atoms with E-state index in [2.05, 4.69) is 10.6 Å². The third kappa shape index (κ3) is 5.35. The molecule has 0 radical (unpaired) electrons. The number of hydrogen-bond donors (Lipinski definition) is 2. The van der Waals surface area contributed by atoms with E-state index < -0.39 is 0 Å². The highest BCUT2D eigenvalue weighted by atomic mass is 32.1. The number of thiocarbonyl (C=S) groups is 1. The third-order valence-corrected chi connectivity index (χ3v) is 3.06. The average molecular weight is 316 g/mol. The van der Waals surface area contributed by atoms with Crippen molar-refractivity contribution in [3.63, 3.8) is 0 Å². The standard InChI is InChI=1S/C17H20N2O2S/c1-2-20-12-13-21-16-11-7-6-10-15(16)19-17(22)18-14-8-4-3-5-9-14/h3-11H,2,12-13H2,1H3,(H2,18,19,22). The number of nitrogens with one attached hydrogen (secondary N) is 2. The second-order valence-electron chi connectivity index (χ2n) is 4.49. The summed E-state index contributed by atoms with van der Waals surface area (Å²) in [5, 5.41) is 6.81. The lowest BCUT2D eigenvalue weighted by Gasteiger charge is -2.14. The molecule has 2 aromatic rings. The molecule has 0 saturated carbocycles. The highest BCUT2D eigenvalue weighted by Crippen LogP contribution is 2.24. The maximum absolute atomic E-state index is 5.72. The highest BCUT2D eigenvalue weighted by molar-refractivity contribution is 7.80. The summed E-state index contributed by atoms with van der Waals surface area (Å²) in [7, 11) is 0. The van der Waals surface area contributed by atoms with Gasteiger partial charge in [0.15, 0.2) is 5.11 Å². The van der Waals surface area contributed by atoms with Crippen LogP contribution in [-0.4, -0.2) is 24.9 Å². The maximum Gasteiger partial charge on any atom is 0.175 e. The van der Waals surface area contributed by atoms with Crippen LogP contribution in [0.15, 0.2) is 54.6 Å². The highest BCUT2D eigenvalue weighted by Gasteiger charge is 2.05.